The molecular formula is C17H21ClN2O. The number of carbonyl (C=O) groups excluding carboxylic acids is 1. The van der Waals surface area contributed by atoms with Crippen LogP contribution in [-0.2, 0) is 6.42 Å². The van der Waals surface area contributed by atoms with Gasteiger partial charge in [0.05, 0.1) is 23.2 Å². The second-order valence-corrected chi connectivity index (χ2v) is 5.75. The smallest absolute Gasteiger partial charge is 0.170 e. The Hall–Kier alpha value is -1.61. The number of rotatable bonds is 6. The van der Waals surface area contributed by atoms with Gasteiger partial charge in [-0.05, 0) is 43.5 Å². The summed E-state index contributed by atoms with van der Waals surface area (Å²) in [5.74, 6) is 0.00907. The highest BCUT2D eigenvalue weighted by Gasteiger charge is 2.14. The second kappa shape index (κ2) is 6.90. The summed E-state index contributed by atoms with van der Waals surface area (Å²) in [7, 11) is 0. The summed E-state index contributed by atoms with van der Waals surface area (Å²) >= 11 is 6.14. The summed E-state index contributed by atoms with van der Waals surface area (Å²) in [5, 5.41) is 5.03. The lowest BCUT2D eigenvalue weighted by Gasteiger charge is -2.12. The van der Waals surface area contributed by atoms with E-state index in [4.69, 9.17) is 11.6 Å². The summed E-state index contributed by atoms with van der Waals surface area (Å²) < 4.78 is 1.96. The van der Waals surface area contributed by atoms with Crippen molar-refractivity contribution < 1.29 is 4.79 Å². The Balaban J connectivity index is 2.13. The van der Waals surface area contributed by atoms with Crippen molar-refractivity contribution >= 4 is 17.4 Å². The van der Waals surface area contributed by atoms with Crippen molar-refractivity contribution in [1.82, 2.24) is 9.78 Å². The first-order chi connectivity index (χ1) is 10.0. The van der Waals surface area contributed by atoms with Gasteiger partial charge in [0, 0.05) is 11.8 Å². The van der Waals surface area contributed by atoms with E-state index in [1.165, 1.54) is 0 Å². The standard InChI is InChI=1S/C17H21ClN2O/c1-4-14(5-2)20-9-8-13(19-20)11-17(21)15-7-6-12(3)10-16(15)18/h6-10,14H,4-5,11H2,1-3H3. The third-order valence-electron chi connectivity index (χ3n) is 3.75. The molecule has 0 N–H and O–H groups in total. The summed E-state index contributed by atoms with van der Waals surface area (Å²) in [6.45, 7) is 6.25. The molecule has 0 aliphatic heterocycles. The zero-order chi connectivity index (χ0) is 15.4. The van der Waals surface area contributed by atoms with E-state index in [1.54, 1.807) is 6.07 Å². The van der Waals surface area contributed by atoms with Gasteiger partial charge in [-0.15, -0.1) is 0 Å². The Morgan fingerprint density at radius 3 is 2.62 bits per heavy atom. The van der Waals surface area contributed by atoms with Crippen molar-refractivity contribution in [3.8, 4) is 0 Å². The second-order valence-electron chi connectivity index (χ2n) is 5.34. The fourth-order valence-corrected chi connectivity index (χ4v) is 2.78. The lowest BCUT2D eigenvalue weighted by Crippen LogP contribution is -2.10. The van der Waals surface area contributed by atoms with Crippen LogP contribution in [0, 0.1) is 6.92 Å². The minimum Gasteiger partial charge on any atom is -0.294 e. The van der Waals surface area contributed by atoms with Crippen LogP contribution in [0.5, 0.6) is 0 Å². The largest absolute Gasteiger partial charge is 0.294 e. The first-order valence-corrected chi connectivity index (χ1v) is 7.76. The van der Waals surface area contributed by atoms with Crippen molar-refractivity contribution in [1.29, 1.82) is 0 Å². The SMILES string of the molecule is CCC(CC)n1ccc(CC(=O)c2ccc(C)cc2Cl)n1. The van der Waals surface area contributed by atoms with Gasteiger partial charge in [-0.25, -0.2) is 0 Å². The molecule has 0 radical (unpaired) electrons. The molecule has 0 aliphatic rings. The van der Waals surface area contributed by atoms with Crippen LogP contribution in [0.3, 0.4) is 0 Å². The first kappa shape index (κ1) is 15.8. The number of Topliss-reactive ketones (excluding diaryl/α,β-unsaturated/α-hetero) is 1. The van der Waals surface area contributed by atoms with E-state index in [9.17, 15) is 4.79 Å². The average Bonchev–Trinajstić information content (AvgIpc) is 2.88. The molecule has 1 heterocycles. The summed E-state index contributed by atoms with van der Waals surface area (Å²) in [6, 6.07) is 7.83. The van der Waals surface area contributed by atoms with E-state index in [1.807, 2.05) is 36.0 Å². The van der Waals surface area contributed by atoms with Crippen molar-refractivity contribution in [2.24, 2.45) is 0 Å². The number of carbonyl (C=O) groups is 1. The third kappa shape index (κ3) is 3.73. The van der Waals surface area contributed by atoms with Crippen molar-refractivity contribution in [3.05, 3.63) is 52.3 Å². The fraction of sp³-hybridized carbons (Fsp3) is 0.412. The summed E-state index contributed by atoms with van der Waals surface area (Å²) in [5.41, 5.74) is 2.41. The predicted octanol–water partition coefficient (Wildman–Crippen LogP) is 4.63. The van der Waals surface area contributed by atoms with Gasteiger partial charge >= 0.3 is 0 Å². The van der Waals surface area contributed by atoms with Crippen molar-refractivity contribution in [2.75, 3.05) is 0 Å². The molecule has 0 spiro atoms. The van der Waals surface area contributed by atoms with Gasteiger partial charge in [-0.1, -0.05) is 31.5 Å². The number of aromatic nitrogens is 2. The minimum absolute atomic E-state index is 0.00907. The van der Waals surface area contributed by atoms with Crippen molar-refractivity contribution in [2.45, 2.75) is 46.1 Å². The van der Waals surface area contributed by atoms with Crippen LogP contribution in [0.15, 0.2) is 30.5 Å². The Bertz CT molecular complexity index is 629. The molecule has 0 atom stereocenters. The summed E-state index contributed by atoms with van der Waals surface area (Å²) in [6.07, 6.45) is 4.32. The molecule has 0 fully saturated rings. The highest BCUT2D eigenvalue weighted by Crippen LogP contribution is 2.20. The number of ketones is 1. The van der Waals surface area contributed by atoms with Crippen LogP contribution < -0.4 is 0 Å². The van der Waals surface area contributed by atoms with E-state index in [-0.39, 0.29) is 12.2 Å². The van der Waals surface area contributed by atoms with Gasteiger partial charge in [0.25, 0.3) is 0 Å². The van der Waals surface area contributed by atoms with Gasteiger partial charge in [0.1, 0.15) is 0 Å². The predicted molar refractivity (Wildman–Crippen MR) is 86.1 cm³/mol. The fourth-order valence-electron chi connectivity index (χ4n) is 2.44. The van der Waals surface area contributed by atoms with E-state index in [2.05, 4.69) is 18.9 Å². The quantitative estimate of drug-likeness (QED) is 0.729. The maximum Gasteiger partial charge on any atom is 0.170 e. The normalized spacial score (nSPS) is 11.1. The third-order valence-corrected chi connectivity index (χ3v) is 4.06. The Labute approximate surface area is 130 Å². The zero-order valence-electron chi connectivity index (χ0n) is 12.8. The Kier molecular flexibility index (Phi) is 5.18. The molecule has 1 aromatic carbocycles. The highest BCUT2D eigenvalue weighted by atomic mass is 35.5. The molecule has 2 rings (SSSR count). The number of hydrogen-bond acceptors (Lipinski definition) is 2. The maximum atomic E-state index is 12.3. The molecule has 0 saturated carbocycles. The number of benzene rings is 1. The molecule has 0 aliphatic carbocycles. The average molecular weight is 305 g/mol. The van der Waals surface area contributed by atoms with Crippen LogP contribution in [0.2, 0.25) is 5.02 Å². The van der Waals surface area contributed by atoms with Crippen LogP contribution >= 0.6 is 11.6 Å². The Morgan fingerprint density at radius 1 is 1.29 bits per heavy atom. The van der Waals surface area contributed by atoms with Crippen LogP contribution in [0.25, 0.3) is 0 Å². The van der Waals surface area contributed by atoms with Gasteiger partial charge < -0.3 is 0 Å². The van der Waals surface area contributed by atoms with Crippen LogP contribution in [-0.4, -0.2) is 15.6 Å². The van der Waals surface area contributed by atoms with E-state index in [0.717, 1.165) is 24.1 Å². The molecule has 0 saturated heterocycles. The molecular weight excluding hydrogens is 284 g/mol. The molecule has 4 heteroatoms. The molecule has 112 valence electrons. The number of nitrogens with zero attached hydrogens (tertiary/aromatic N) is 2. The lowest BCUT2D eigenvalue weighted by atomic mass is 10.1. The van der Waals surface area contributed by atoms with E-state index >= 15 is 0 Å². The van der Waals surface area contributed by atoms with Gasteiger partial charge in [0.2, 0.25) is 0 Å². The van der Waals surface area contributed by atoms with Gasteiger partial charge in [0.15, 0.2) is 5.78 Å². The van der Waals surface area contributed by atoms with Crippen LogP contribution in [0.4, 0.5) is 0 Å². The minimum atomic E-state index is 0.00907. The number of hydrogen-bond donors (Lipinski definition) is 0. The van der Waals surface area contributed by atoms with E-state index in [0.29, 0.717) is 16.6 Å². The van der Waals surface area contributed by atoms with Crippen molar-refractivity contribution in [3.63, 3.8) is 0 Å². The van der Waals surface area contributed by atoms with Gasteiger partial charge in [-0.2, -0.15) is 5.10 Å². The van der Waals surface area contributed by atoms with E-state index < -0.39 is 0 Å². The zero-order valence-corrected chi connectivity index (χ0v) is 13.5. The molecule has 0 amide bonds. The Morgan fingerprint density at radius 2 is 2.00 bits per heavy atom. The lowest BCUT2D eigenvalue weighted by molar-refractivity contribution is 0.0992. The molecule has 0 bridgehead atoms. The maximum absolute atomic E-state index is 12.3. The molecule has 2 aromatic rings. The topological polar surface area (TPSA) is 34.9 Å². The van der Waals surface area contributed by atoms with Crippen LogP contribution in [0.1, 0.15) is 54.3 Å². The molecule has 21 heavy (non-hydrogen) atoms. The molecule has 0 unspecified atom stereocenters. The van der Waals surface area contributed by atoms with Gasteiger partial charge in [-0.3, -0.25) is 9.48 Å². The summed E-state index contributed by atoms with van der Waals surface area (Å²) in [4.78, 5) is 12.3. The number of aryl methyl sites for hydroxylation is 1. The molecule has 1 aromatic heterocycles. The highest BCUT2D eigenvalue weighted by molar-refractivity contribution is 6.34. The number of halogens is 1. The monoisotopic (exact) mass is 304 g/mol. The molecule has 3 nitrogen and oxygen atoms in total. The first-order valence-electron chi connectivity index (χ1n) is 7.38.